The van der Waals surface area contributed by atoms with Gasteiger partial charge in [-0.25, -0.2) is 8.78 Å². The summed E-state index contributed by atoms with van der Waals surface area (Å²) in [5, 5.41) is 6.26. The van der Waals surface area contributed by atoms with Crippen molar-refractivity contribution >= 4 is 21.6 Å². The molecule has 0 amide bonds. The zero-order chi connectivity index (χ0) is 21.7. The minimum atomic E-state index is -0.954. The van der Waals surface area contributed by atoms with Crippen molar-refractivity contribution < 1.29 is 18.0 Å². The van der Waals surface area contributed by atoms with Gasteiger partial charge in [-0.2, -0.15) is 4.98 Å². The van der Waals surface area contributed by atoms with E-state index in [4.69, 9.17) is 9.26 Å². The highest BCUT2D eigenvalue weighted by Crippen LogP contribution is 2.37. The molecular formula is C24H17F2N3O2S. The molecule has 1 aliphatic rings. The summed E-state index contributed by atoms with van der Waals surface area (Å²) in [6.45, 7) is 0.962. The number of rotatable bonds is 6. The molecule has 3 heterocycles. The third-order valence-corrected chi connectivity index (χ3v) is 6.40. The third-order valence-electron chi connectivity index (χ3n) is 5.54. The summed E-state index contributed by atoms with van der Waals surface area (Å²) in [7, 11) is 0. The lowest BCUT2D eigenvalue weighted by Crippen LogP contribution is -2.01. The van der Waals surface area contributed by atoms with Crippen LogP contribution in [0.3, 0.4) is 0 Å². The van der Waals surface area contributed by atoms with Gasteiger partial charge in [-0.1, -0.05) is 5.16 Å². The van der Waals surface area contributed by atoms with Gasteiger partial charge in [0.2, 0.25) is 5.82 Å². The van der Waals surface area contributed by atoms with Gasteiger partial charge in [0, 0.05) is 18.2 Å². The summed E-state index contributed by atoms with van der Waals surface area (Å²) >= 11 is 1.70. The molecule has 5 aromatic rings. The minimum absolute atomic E-state index is 0.217. The fourth-order valence-corrected chi connectivity index (χ4v) is 4.53. The van der Waals surface area contributed by atoms with E-state index in [1.807, 2.05) is 0 Å². The number of thiophene rings is 1. The SMILES string of the molecule is Fc1ccc(Oc2ccc(-c3noc(-c4cc5sccc5n4CC4CC4)n3)cc2)cc1F. The lowest BCUT2D eigenvalue weighted by Gasteiger charge is -2.06. The molecule has 0 unspecified atom stereocenters. The Kier molecular flexibility index (Phi) is 4.53. The van der Waals surface area contributed by atoms with E-state index < -0.39 is 11.6 Å². The summed E-state index contributed by atoms with van der Waals surface area (Å²) in [4.78, 5) is 4.62. The highest BCUT2D eigenvalue weighted by atomic mass is 32.1. The van der Waals surface area contributed by atoms with Crippen molar-refractivity contribution in [3.05, 3.63) is 71.6 Å². The predicted molar refractivity (Wildman–Crippen MR) is 118 cm³/mol. The summed E-state index contributed by atoms with van der Waals surface area (Å²) in [5.74, 6) is 0.521. The lowest BCUT2D eigenvalue weighted by atomic mass is 10.2. The van der Waals surface area contributed by atoms with E-state index in [0.717, 1.165) is 29.9 Å². The van der Waals surface area contributed by atoms with Gasteiger partial charge in [-0.3, -0.25) is 0 Å². The monoisotopic (exact) mass is 449 g/mol. The summed E-state index contributed by atoms with van der Waals surface area (Å²) < 4.78 is 41.1. The van der Waals surface area contributed by atoms with Crippen molar-refractivity contribution in [2.75, 3.05) is 0 Å². The molecule has 1 saturated carbocycles. The fraction of sp³-hybridized carbons (Fsp3) is 0.167. The molecule has 1 fully saturated rings. The smallest absolute Gasteiger partial charge is 0.274 e. The molecular weight excluding hydrogens is 432 g/mol. The Hall–Kier alpha value is -3.52. The Balaban J connectivity index is 1.25. The number of benzene rings is 2. The molecule has 1 aliphatic carbocycles. The minimum Gasteiger partial charge on any atom is -0.457 e. The van der Waals surface area contributed by atoms with Crippen LogP contribution in [0.2, 0.25) is 0 Å². The van der Waals surface area contributed by atoms with E-state index in [2.05, 4.69) is 32.2 Å². The number of fused-ring (bicyclic) bond motifs is 1. The maximum Gasteiger partial charge on any atom is 0.274 e. The largest absolute Gasteiger partial charge is 0.457 e. The Morgan fingerprint density at radius 1 is 1.00 bits per heavy atom. The lowest BCUT2D eigenvalue weighted by molar-refractivity contribution is 0.428. The van der Waals surface area contributed by atoms with Crippen molar-refractivity contribution in [2.24, 2.45) is 5.92 Å². The van der Waals surface area contributed by atoms with Crippen LogP contribution in [0.1, 0.15) is 12.8 Å². The number of aromatic nitrogens is 3. The summed E-state index contributed by atoms with van der Waals surface area (Å²) in [6, 6.07) is 14.7. The molecule has 0 spiro atoms. The second-order valence-electron chi connectivity index (χ2n) is 7.88. The normalized spacial score (nSPS) is 13.7. The van der Waals surface area contributed by atoms with Crippen LogP contribution in [0.4, 0.5) is 8.78 Å². The van der Waals surface area contributed by atoms with Crippen molar-refractivity contribution in [3.63, 3.8) is 0 Å². The maximum atomic E-state index is 13.4. The number of nitrogens with zero attached hydrogens (tertiary/aromatic N) is 3. The first-order valence-electron chi connectivity index (χ1n) is 10.3. The number of hydrogen-bond donors (Lipinski definition) is 0. The van der Waals surface area contributed by atoms with Gasteiger partial charge in [0.15, 0.2) is 11.6 Å². The Morgan fingerprint density at radius 3 is 2.59 bits per heavy atom. The van der Waals surface area contributed by atoms with Crippen molar-refractivity contribution in [2.45, 2.75) is 19.4 Å². The molecule has 6 rings (SSSR count). The second kappa shape index (κ2) is 7.56. The van der Waals surface area contributed by atoms with Crippen LogP contribution in [0.15, 0.2) is 64.5 Å². The Bertz CT molecular complexity index is 1420. The van der Waals surface area contributed by atoms with Crippen LogP contribution in [0.5, 0.6) is 11.5 Å². The molecule has 32 heavy (non-hydrogen) atoms. The van der Waals surface area contributed by atoms with E-state index in [0.29, 0.717) is 23.4 Å². The molecule has 0 bridgehead atoms. The number of hydrogen-bond acceptors (Lipinski definition) is 5. The highest BCUT2D eigenvalue weighted by Gasteiger charge is 2.26. The summed E-state index contributed by atoms with van der Waals surface area (Å²) in [6.07, 6.45) is 2.52. The number of halogens is 2. The van der Waals surface area contributed by atoms with Crippen LogP contribution in [-0.2, 0) is 6.54 Å². The van der Waals surface area contributed by atoms with E-state index >= 15 is 0 Å². The fourth-order valence-electron chi connectivity index (χ4n) is 3.70. The first kappa shape index (κ1) is 19.2. The Labute approximate surface area is 185 Å². The highest BCUT2D eigenvalue weighted by molar-refractivity contribution is 7.17. The first-order chi connectivity index (χ1) is 15.6. The van der Waals surface area contributed by atoms with Gasteiger partial charge in [0.25, 0.3) is 5.89 Å². The molecule has 8 heteroatoms. The molecule has 160 valence electrons. The van der Waals surface area contributed by atoms with Gasteiger partial charge in [-0.15, -0.1) is 11.3 Å². The van der Waals surface area contributed by atoms with Crippen LogP contribution >= 0.6 is 11.3 Å². The van der Waals surface area contributed by atoms with Crippen LogP contribution in [0, 0.1) is 17.6 Å². The van der Waals surface area contributed by atoms with Crippen molar-refractivity contribution in [1.82, 2.24) is 14.7 Å². The van der Waals surface area contributed by atoms with Gasteiger partial charge in [0.05, 0.1) is 10.2 Å². The Morgan fingerprint density at radius 2 is 1.81 bits per heavy atom. The average Bonchev–Trinajstić information content (AvgIpc) is 3.16. The summed E-state index contributed by atoms with van der Waals surface area (Å²) in [5.41, 5.74) is 2.91. The molecule has 2 aromatic carbocycles. The quantitative estimate of drug-likeness (QED) is 0.283. The standard InChI is InChI=1S/C24H17F2N3O2S/c25-18-8-7-17(11-19(18)26)30-16-5-3-15(4-6-16)23-27-24(31-28-23)21-12-22-20(9-10-32-22)29(21)13-14-1-2-14/h3-12,14H,1-2,13H2. The predicted octanol–water partition coefficient (Wildman–Crippen LogP) is 6.90. The van der Waals surface area contributed by atoms with Gasteiger partial charge < -0.3 is 13.8 Å². The molecule has 0 saturated heterocycles. The van der Waals surface area contributed by atoms with Gasteiger partial charge >= 0.3 is 0 Å². The van der Waals surface area contributed by atoms with Crippen molar-refractivity contribution in [1.29, 1.82) is 0 Å². The van der Waals surface area contributed by atoms with Gasteiger partial charge in [-0.05, 0) is 72.7 Å². The van der Waals surface area contributed by atoms with Crippen molar-refractivity contribution in [3.8, 4) is 34.5 Å². The van der Waals surface area contributed by atoms with E-state index in [1.165, 1.54) is 29.1 Å². The average molecular weight is 449 g/mol. The maximum absolute atomic E-state index is 13.4. The molecule has 3 aromatic heterocycles. The van der Waals surface area contributed by atoms with E-state index in [9.17, 15) is 8.78 Å². The number of ether oxygens (including phenoxy) is 1. The first-order valence-corrected chi connectivity index (χ1v) is 11.2. The van der Waals surface area contributed by atoms with E-state index in [1.54, 1.807) is 35.6 Å². The zero-order valence-corrected chi connectivity index (χ0v) is 17.6. The zero-order valence-electron chi connectivity index (χ0n) is 16.8. The van der Waals surface area contributed by atoms with E-state index in [-0.39, 0.29) is 5.75 Å². The molecule has 0 aliphatic heterocycles. The second-order valence-corrected chi connectivity index (χ2v) is 8.83. The molecule has 0 N–H and O–H groups in total. The topological polar surface area (TPSA) is 53.1 Å². The third kappa shape index (κ3) is 3.56. The molecule has 5 nitrogen and oxygen atoms in total. The molecule has 0 radical (unpaired) electrons. The van der Waals surface area contributed by atoms with Crippen LogP contribution < -0.4 is 4.74 Å². The van der Waals surface area contributed by atoms with Crippen LogP contribution in [-0.4, -0.2) is 14.7 Å². The molecule has 0 atom stereocenters. The van der Waals surface area contributed by atoms with Gasteiger partial charge in [0.1, 0.15) is 17.2 Å². The van der Waals surface area contributed by atoms with Crippen LogP contribution in [0.25, 0.3) is 33.2 Å².